The monoisotopic (exact) mass is 764 g/mol. The van der Waals surface area contributed by atoms with Gasteiger partial charge < -0.3 is 29.4 Å². The lowest BCUT2D eigenvalue weighted by Gasteiger charge is -2.39. The maximum Gasteiger partial charge on any atom is 0.357 e. The van der Waals surface area contributed by atoms with E-state index in [-0.39, 0.29) is 24.4 Å². The number of fused-ring (bicyclic) bond motifs is 2. The zero-order valence-corrected chi connectivity index (χ0v) is 33.3. The van der Waals surface area contributed by atoms with Gasteiger partial charge in [-0.2, -0.15) is 5.10 Å². The molecule has 1 aromatic carbocycles. The van der Waals surface area contributed by atoms with Crippen molar-refractivity contribution in [3.8, 4) is 17.2 Å². The number of aromatic nitrogens is 6. The fraction of sp³-hybridized carbons (Fsp3) is 0.463. The molecule has 15 heteroatoms. The Morgan fingerprint density at radius 1 is 0.964 bits per heavy atom. The second-order valence-corrected chi connectivity index (χ2v) is 16.0. The Bertz CT molecular complexity index is 2150. The third kappa shape index (κ3) is 8.13. The molecule has 1 aliphatic heterocycles. The lowest BCUT2D eigenvalue weighted by atomic mass is 9.85. The van der Waals surface area contributed by atoms with Gasteiger partial charge in [0, 0.05) is 36.2 Å². The number of carbonyl (C=O) groups excluding carboxylic acids is 2. The number of carbonyl (C=O) groups is 2. The fourth-order valence-electron chi connectivity index (χ4n) is 7.58. The van der Waals surface area contributed by atoms with E-state index in [2.05, 4.69) is 39.2 Å². The van der Waals surface area contributed by atoms with Gasteiger partial charge in [0.1, 0.15) is 24.2 Å². The van der Waals surface area contributed by atoms with Gasteiger partial charge in [-0.25, -0.2) is 9.48 Å². The topological polar surface area (TPSA) is 144 Å². The van der Waals surface area contributed by atoms with Crippen molar-refractivity contribution in [1.29, 1.82) is 0 Å². The van der Waals surface area contributed by atoms with Crippen molar-refractivity contribution >= 4 is 29.9 Å². The average molecular weight is 765 g/mol. The van der Waals surface area contributed by atoms with E-state index in [0.717, 1.165) is 47.2 Å². The summed E-state index contributed by atoms with van der Waals surface area (Å²) in [6.07, 6.45) is 9.59. The SMILES string of the molecule is C[C@@H]1CCC[C@H](C)N1c1nnc2ccc(OC3CCC(NC(=O)N(OC=O)c4cc(C(C)(C)C)nn4-c4cncc(OCCN(C)C)c4)c4ccccc43)cn12. The van der Waals surface area contributed by atoms with E-state index in [4.69, 9.17) is 19.4 Å². The summed E-state index contributed by atoms with van der Waals surface area (Å²) < 4.78 is 16.2. The lowest BCUT2D eigenvalue weighted by molar-refractivity contribution is -0.129. The molecular weight excluding hydrogens is 713 g/mol. The second-order valence-electron chi connectivity index (χ2n) is 16.0. The van der Waals surface area contributed by atoms with Crippen LogP contribution in [0.3, 0.4) is 0 Å². The molecule has 2 unspecified atom stereocenters. The largest absolute Gasteiger partial charge is 0.491 e. The molecule has 0 spiro atoms. The van der Waals surface area contributed by atoms with Crippen LogP contribution in [0.5, 0.6) is 11.5 Å². The van der Waals surface area contributed by atoms with Gasteiger partial charge >= 0.3 is 12.5 Å². The Morgan fingerprint density at radius 2 is 1.73 bits per heavy atom. The van der Waals surface area contributed by atoms with E-state index in [9.17, 15) is 9.59 Å². The fourth-order valence-corrected chi connectivity index (χ4v) is 7.58. The van der Waals surface area contributed by atoms with E-state index in [0.29, 0.717) is 54.4 Å². The number of benzene rings is 1. The molecule has 1 N–H and O–H groups in total. The molecule has 0 bridgehead atoms. The number of hydrogen-bond donors (Lipinski definition) is 1. The van der Waals surface area contributed by atoms with Gasteiger partial charge in [-0.05, 0) is 83.3 Å². The van der Waals surface area contributed by atoms with Crippen molar-refractivity contribution in [2.24, 2.45) is 0 Å². The van der Waals surface area contributed by atoms with Crippen LogP contribution >= 0.6 is 0 Å². The number of ether oxygens (including phenoxy) is 2. The number of nitrogens with zero attached hydrogens (tertiary/aromatic N) is 9. The Hall–Kier alpha value is -5.70. The maximum absolute atomic E-state index is 14.2. The number of hydrogen-bond acceptors (Lipinski definition) is 11. The first-order valence-electron chi connectivity index (χ1n) is 19.3. The number of hydroxylamine groups is 1. The summed E-state index contributed by atoms with van der Waals surface area (Å²) >= 11 is 0. The lowest BCUT2D eigenvalue weighted by Crippen LogP contribution is -2.44. The van der Waals surface area contributed by atoms with Crippen LogP contribution in [0.15, 0.2) is 67.1 Å². The summed E-state index contributed by atoms with van der Waals surface area (Å²) in [7, 11) is 3.94. The van der Waals surface area contributed by atoms with E-state index >= 15 is 0 Å². The zero-order valence-electron chi connectivity index (χ0n) is 33.3. The minimum absolute atomic E-state index is 0.231. The van der Waals surface area contributed by atoms with Crippen LogP contribution in [-0.2, 0) is 15.0 Å². The van der Waals surface area contributed by atoms with Crippen LogP contribution in [0.25, 0.3) is 11.3 Å². The number of amides is 2. The molecule has 5 heterocycles. The minimum Gasteiger partial charge on any atom is -0.491 e. The molecule has 1 saturated heterocycles. The summed E-state index contributed by atoms with van der Waals surface area (Å²) in [5, 5.41) is 17.9. The normalized spacial score (nSPS) is 19.8. The smallest absolute Gasteiger partial charge is 0.357 e. The third-order valence-electron chi connectivity index (χ3n) is 10.5. The molecule has 2 aliphatic rings. The first-order valence-corrected chi connectivity index (χ1v) is 19.3. The number of urea groups is 1. The van der Waals surface area contributed by atoms with Crippen LogP contribution in [0.1, 0.15) is 95.7 Å². The van der Waals surface area contributed by atoms with Crippen molar-refractivity contribution in [2.75, 3.05) is 37.2 Å². The van der Waals surface area contributed by atoms with Gasteiger partial charge in [0.15, 0.2) is 11.5 Å². The molecule has 0 saturated carbocycles. The van der Waals surface area contributed by atoms with Gasteiger partial charge in [0.05, 0.1) is 36.0 Å². The molecule has 2 amide bonds. The second kappa shape index (κ2) is 16.2. The van der Waals surface area contributed by atoms with Gasteiger partial charge in [-0.3, -0.25) is 14.2 Å². The van der Waals surface area contributed by atoms with Gasteiger partial charge in [-0.15, -0.1) is 15.3 Å². The van der Waals surface area contributed by atoms with Crippen LogP contribution in [0, 0.1) is 0 Å². The van der Waals surface area contributed by atoms with E-state index in [1.165, 1.54) is 6.42 Å². The summed E-state index contributed by atoms with van der Waals surface area (Å²) in [6.45, 7) is 12.0. The zero-order chi connectivity index (χ0) is 39.6. The van der Waals surface area contributed by atoms with Crippen molar-refractivity contribution < 1.29 is 23.9 Å². The van der Waals surface area contributed by atoms with E-state index < -0.39 is 11.4 Å². The predicted octanol–water partition coefficient (Wildman–Crippen LogP) is 6.57. The average Bonchev–Trinajstić information content (AvgIpc) is 3.80. The number of pyridine rings is 2. The molecule has 296 valence electrons. The molecule has 5 aromatic rings. The third-order valence-corrected chi connectivity index (χ3v) is 10.5. The number of piperidine rings is 1. The van der Waals surface area contributed by atoms with Crippen LogP contribution in [0.2, 0.25) is 0 Å². The summed E-state index contributed by atoms with van der Waals surface area (Å²) in [5.74, 6) is 2.30. The Kier molecular flexibility index (Phi) is 11.1. The quantitative estimate of drug-likeness (QED) is 0.109. The maximum atomic E-state index is 14.2. The van der Waals surface area contributed by atoms with Gasteiger partial charge in [0.2, 0.25) is 5.95 Å². The van der Waals surface area contributed by atoms with Crippen molar-refractivity contribution in [3.63, 3.8) is 0 Å². The molecule has 0 radical (unpaired) electrons. The van der Waals surface area contributed by atoms with E-state index in [1.807, 2.05) is 86.8 Å². The van der Waals surface area contributed by atoms with Gasteiger partial charge in [-0.1, -0.05) is 45.0 Å². The standard InChI is InChI=1S/C41H52N10O5/c1-27-11-10-12-28(2)49(27)39-45-44-37-18-15-30(25-48(37)39)56-35-17-16-34(32-13-8-9-14-33(32)35)43-40(53)51(55-26-52)38-22-36(41(3,4)5)46-50(38)29-21-31(24-42-23-29)54-20-19-47(6)7/h8-9,13-15,18,21-28,34-35H,10-12,16-17,19-20H2,1-7H3,(H,43,53)/t27-,28+,34?,35?. The molecule has 4 aromatic heterocycles. The first-order chi connectivity index (χ1) is 26.9. The molecule has 56 heavy (non-hydrogen) atoms. The number of likely N-dealkylation sites (N-methyl/N-ethyl adjacent to an activating group) is 1. The first kappa shape index (κ1) is 38.6. The summed E-state index contributed by atoms with van der Waals surface area (Å²) in [5.41, 5.74) is 3.47. The van der Waals surface area contributed by atoms with Crippen molar-refractivity contribution in [2.45, 2.75) is 96.4 Å². The highest BCUT2D eigenvalue weighted by atomic mass is 16.7. The van der Waals surface area contributed by atoms with Crippen molar-refractivity contribution in [1.82, 2.24) is 39.6 Å². The molecule has 4 atom stereocenters. The van der Waals surface area contributed by atoms with Crippen molar-refractivity contribution in [3.05, 3.63) is 83.9 Å². The van der Waals surface area contributed by atoms with Crippen LogP contribution < -0.4 is 24.8 Å². The summed E-state index contributed by atoms with van der Waals surface area (Å²) in [6, 6.07) is 15.0. The molecule has 1 fully saturated rings. The Balaban J connectivity index is 1.13. The van der Waals surface area contributed by atoms with E-state index in [1.54, 1.807) is 29.2 Å². The molecular formula is C41H52N10O5. The minimum atomic E-state index is -0.629. The van der Waals surface area contributed by atoms with Gasteiger partial charge in [0.25, 0.3) is 0 Å². The number of anilines is 2. The number of rotatable bonds is 12. The summed E-state index contributed by atoms with van der Waals surface area (Å²) in [4.78, 5) is 40.3. The Labute approximate surface area is 327 Å². The molecule has 15 nitrogen and oxygen atoms in total. The highest BCUT2D eigenvalue weighted by Gasteiger charge is 2.34. The van der Waals surface area contributed by atoms with Crippen LogP contribution in [-0.4, -0.2) is 86.1 Å². The Morgan fingerprint density at radius 3 is 2.46 bits per heavy atom. The molecule has 7 rings (SSSR count). The predicted molar refractivity (Wildman–Crippen MR) is 212 cm³/mol. The highest BCUT2D eigenvalue weighted by molar-refractivity contribution is 5.90. The van der Waals surface area contributed by atoms with Crippen LogP contribution in [0.4, 0.5) is 16.6 Å². The number of nitrogens with one attached hydrogen (secondary N) is 1. The highest BCUT2D eigenvalue weighted by Crippen LogP contribution is 2.40. The molecule has 1 aliphatic carbocycles.